The zero-order valence-corrected chi connectivity index (χ0v) is 6.53. The molecular formula is C4H10IN2+. The summed E-state index contributed by atoms with van der Waals surface area (Å²) in [7, 11) is 0. The van der Waals surface area contributed by atoms with Crippen molar-refractivity contribution in [2.45, 2.75) is 13.3 Å². The van der Waals surface area contributed by atoms with Gasteiger partial charge in [-0.1, -0.05) is 6.92 Å². The van der Waals surface area contributed by atoms with Crippen LogP contribution in [0.25, 0.3) is 0 Å². The number of hydrogen-bond donors (Lipinski definition) is 2. The standard InChI is InChI=1S/C4H9IN2/c1-2-4(3-6)7-5/h3,7H,2,6H2,1H3/p+1. The number of hydrogen-bond acceptors (Lipinski definition) is 1. The highest BCUT2D eigenvalue weighted by Gasteiger charge is 1.84. The summed E-state index contributed by atoms with van der Waals surface area (Å²) in [6.45, 7) is 2.09. The van der Waals surface area contributed by atoms with Gasteiger partial charge in [-0.3, -0.25) is 0 Å². The van der Waals surface area contributed by atoms with E-state index in [-0.39, 0.29) is 0 Å². The fraction of sp³-hybridized carbons (Fsp3) is 0.500. The second-order valence-electron chi connectivity index (χ2n) is 1.18. The molecule has 0 aliphatic heterocycles. The van der Waals surface area contributed by atoms with E-state index in [1.165, 1.54) is 5.70 Å². The molecule has 0 unspecified atom stereocenters. The molecule has 7 heavy (non-hydrogen) atoms. The van der Waals surface area contributed by atoms with E-state index in [1.54, 1.807) is 0 Å². The SMILES string of the molecule is CCC(=C[NH3+])NI. The van der Waals surface area contributed by atoms with E-state index in [4.69, 9.17) is 0 Å². The predicted molar refractivity (Wildman–Crippen MR) is 38.4 cm³/mol. The van der Waals surface area contributed by atoms with E-state index in [0.29, 0.717) is 0 Å². The van der Waals surface area contributed by atoms with Crippen LogP contribution in [0, 0.1) is 0 Å². The minimum atomic E-state index is 1.03. The van der Waals surface area contributed by atoms with Gasteiger partial charge >= 0.3 is 0 Å². The van der Waals surface area contributed by atoms with Gasteiger partial charge in [-0.2, -0.15) is 0 Å². The van der Waals surface area contributed by atoms with Crippen molar-refractivity contribution in [3.05, 3.63) is 11.9 Å². The molecule has 0 saturated heterocycles. The van der Waals surface area contributed by atoms with Crippen molar-refractivity contribution in [1.82, 2.24) is 3.53 Å². The predicted octanol–water partition coefficient (Wildman–Crippen LogP) is 0.419. The molecule has 0 aliphatic rings. The Balaban J connectivity index is 3.38. The summed E-state index contributed by atoms with van der Waals surface area (Å²) >= 11 is 2.09. The summed E-state index contributed by atoms with van der Waals surface area (Å²) in [5.74, 6) is 0. The van der Waals surface area contributed by atoms with Crippen LogP contribution in [-0.4, -0.2) is 0 Å². The quantitative estimate of drug-likeness (QED) is 0.506. The first-order valence-corrected chi connectivity index (χ1v) is 3.28. The van der Waals surface area contributed by atoms with Crippen LogP contribution in [0.1, 0.15) is 13.3 Å². The van der Waals surface area contributed by atoms with E-state index in [1.807, 2.05) is 6.20 Å². The smallest absolute Gasteiger partial charge is 0.111 e. The lowest BCUT2D eigenvalue weighted by Gasteiger charge is -1.92. The lowest BCUT2D eigenvalue weighted by atomic mass is 10.4. The van der Waals surface area contributed by atoms with Gasteiger partial charge in [0.2, 0.25) is 0 Å². The molecule has 0 fully saturated rings. The van der Waals surface area contributed by atoms with Gasteiger partial charge in [0.1, 0.15) is 6.20 Å². The van der Waals surface area contributed by atoms with Crippen LogP contribution in [0.2, 0.25) is 0 Å². The van der Waals surface area contributed by atoms with Crippen molar-refractivity contribution in [2.75, 3.05) is 0 Å². The van der Waals surface area contributed by atoms with Gasteiger partial charge in [0.05, 0.1) is 28.6 Å². The molecule has 0 aromatic rings. The van der Waals surface area contributed by atoms with Gasteiger partial charge in [-0.05, 0) is 6.42 Å². The molecule has 0 amide bonds. The minimum absolute atomic E-state index is 1.03. The number of rotatable bonds is 2. The first-order valence-electron chi connectivity index (χ1n) is 2.20. The Morgan fingerprint density at radius 1 is 2.00 bits per heavy atom. The molecule has 0 atom stereocenters. The lowest BCUT2D eigenvalue weighted by Crippen LogP contribution is -2.40. The monoisotopic (exact) mass is 213 g/mol. The van der Waals surface area contributed by atoms with E-state index in [2.05, 4.69) is 39.1 Å². The van der Waals surface area contributed by atoms with Crippen molar-refractivity contribution < 1.29 is 5.73 Å². The van der Waals surface area contributed by atoms with E-state index >= 15 is 0 Å². The molecule has 2 nitrogen and oxygen atoms in total. The van der Waals surface area contributed by atoms with Crippen molar-refractivity contribution in [3.8, 4) is 0 Å². The summed E-state index contributed by atoms with van der Waals surface area (Å²) in [4.78, 5) is 0. The van der Waals surface area contributed by atoms with Gasteiger partial charge in [0.15, 0.2) is 0 Å². The third-order valence-corrected chi connectivity index (χ3v) is 1.44. The van der Waals surface area contributed by atoms with Crippen LogP contribution in [-0.2, 0) is 0 Å². The van der Waals surface area contributed by atoms with Crippen LogP contribution in [0.5, 0.6) is 0 Å². The topological polar surface area (TPSA) is 39.7 Å². The maximum absolute atomic E-state index is 3.60. The minimum Gasteiger partial charge on any atom is -0.330 e. The van der Waals surface area contributed by atoms with E-state index in [9.17, 15) is 0 Å². The third kappa shape index (κ3) is 2.87. The second-order valence-corrected chi connectivity index (χ2v) is 1.72. The van der Waals surface area contributed by atoms with Crippen LogP contribution >= 0.6 is 22.9 Å². The molecule has 0 aromatic carbocycles. The van der Waals surface area contributed by atoms with Crippen LogP contribution < -0.4 is 9.26 Å². The molecule has 0 heterocycles. The number of allylic oxidation sites excluding steroid dienone is 1. The van der Waals surface area contributed by atoms with Crippen LogP contribution in [0.15, 0.2) is 11.9 Å². The Morgan fingerprint density at radius 3 is 2.57 bits per heavy atom. The maximum atomic E-state index is 3.60. The first-order chi connectivity index (χ1) is 3.35. The van der Waals surface area contributed by atoms with Gasteiger partial charge in [-0.15, -0.1) is 0 Å². The van der Waals surface area contributed by atoms with E-state index < -0.39 is 0 Å². The van der Waals surface area contributed by atoms with Gasteiger partial charge in [0.25, 0.3) is 0 Å². The summed E-state index contributed by atoms with van der Waals surface area (Å²) < 4.78 is 2.97. The second kappa shape index (κ2) is 4.39. The molecule has 42 valence electrons. The maximum Gasteiger partial charge on any atom is 0.111 e. The normalized spacial score (nSPS) is 11.6. The number of nitrogens with one attached hydrogen (secondary N) is 1. The molecule has 0 aromatic heterocycles. The van der Waals surface area contributed by atoms with Crippen molar-refractivity contribution in [2.24, 2.45) is 0 Å². The van der Waals surface area contributed by atoms with E-state index in [0.717, 1.165) is 6.42 Å². The average molecular weight is 213 g/mol. The average Bonchev–Trinajstić information content (AvgIpc) is 1.72. The number of halogens is 1. The molecular weight excluding hydrogens is 203 g/mol. The van der Waals surface area contributed by atoms with Crippen LogP contribution in [0.4, 0.5) is 0 Å². The van der Waals surface area contributed by atoms with Gasteiger partial charge in [0, 0.05) is 0 Å². The first kappa shape index (κ1) is 7.23. The lowest BCUT2D eigenvalue weighted by molar-refractivity contribution is -0.276. The zero-order valence-electron chi connectivity index (χ0n) is 4.37. The third-order valence-electron chi connectivity index (χ3n) is 0.749. The molecule has 3 heteroatoms. The molecule has 0 radical (unpaired) electrons. The largest absolute Gasteiger partial charge is 0.330 e. The zero-order chi connectivity index (χ0) is 5.70. The summed E-state index contributed by atoms with van der Waals surface area (Å²) in [6, 6.07) is 0. The molecule has 0 spiro atoms. The van der Waals surface area contributed by atoms with Gasteiger partial charge < -0.3 is 9.26 Å². The van der Waals surface area contributed by atoms with Crippen molar-refractivity contribution in [1.29, 1.82) is 0 Å². The highest BCUT2D eigenvalue weighted by Crippen LogP contribution is 1.92. The fourth-order valence-corrected chi connectivity index (χ4v) is 0.851. The summed E-state index contributed by atoms with van der Waals surface area (Å²) in [6.07, 6.45) is 2.86. The Kier molecular flexibility index (Phi) is 4.53. The van der Waals surface area contributed by atoms with Crippen molar-refractivity contribution >= 4 is 22.9 Å². The molecule has 0 rings (SSSR count). The van der Waals surface area contributed by atoms with Crippen LogP contribution in [0.3, 0.4) is 0 Å². The van der Waals surface area contributed by atoms with Gasteiger partial charge in [-0.25, -0.2) is 0 Å². The Hall–Kier alpha value is 0.230. The molecule has 0 saturated carbocycles. The highest BCUT2D eigenvalue weighted by molar-refractivity contribution is 14.1. The Morgan fingerprint density at radius 2 is 2.57 bits per heavy atom. The summed E-state index contributed by atoms with van der Waals surface area (Å²) in [5.41, 5.74) is 4.78. The highest BCUT2D eigenvalue weighted by atomic mass is 127. The molecule has 0 aliphatic carbocycles. The fourth-order valence-electron chi connectivity index (χ4n) is 0.250. The molecule has 0 bridgehead atoms. The Bertz CT molecular complexity index is 64.1. The summed E-state index contributed by atoms with van der Waals surface area (Å²) in [5, 5.41) is 0. The number of quaternary nitrogens is 1. The molecule has 4 N–H and O–H groups in total. The van der Waals surface area contributed by atoms with Crippen molar-refractivity contribution in [3.63, 3.8) is 0 Å². The Labute approximate surface area is 57.7 Å².